The molecule has 3 amide bonds. The molecule has 4 aliphatic heterocycles. The molecule has 0 unspecified atom stereocenters. The number of nitrogens with zero attached hydrogens (tertiary/aromatic N) is 1. The molecule has 1 spiro atoms. The van der Waals surface area contributed by atoms with Crippen LogP contribution in [0.2, 0.25) is 5.02 Å². The van der Waals surface area contributed by atoms with Crippen LogP contribution < -0.4 is 25.0 Å². The number of anilines is 2. The van der Waals surface area contributed by atoms with Gasteiger partial charge in [0.05, 0.1) is 28.2 Å². The minimum Gasteiger partial charge on any atom is -0.486 e. The number of nitrogens with one attached hydrogen (secondary N) is 3. The molecule has 0 radical (unpaired) electrons. The first-order valence-corrected chi connectivity index (χ1v) is 13.6. The molecule has 9 nitrogen and oxygen atoms in total. The number of imide groups is 1. The first-order valence-electron chi connectivity index (χ1n) is 13.2. The zero-order valence-corrected chi connectivity index (χ0v) is 21.8. The van der Waals surface area contributed by atoms with E-state index in [1.807, 2.05) is 30.5 Å². The number of carbonyl (C=O) groups is 3. The number of aromatic nitrogens is 1. The Kier molecular flexibility index (Phi) is 4.90. The number of H-pyrrole nitrogens is 1. The largest absolute Gasteiger partial charge is 0.486 e. The van der Waals surface area contributed by atoms with Crippen LogP contribution in [0.15, 0.2) is 66.9 Å². The lowest BCUT2D eigenvalue weighted by atomic mass is 9.76. The molecule has 4 aliphatic rings. The van der Waals surface area contributed by atoms with Crippen molar-refractivity contribution in [2.24, 2.45) is 11.8 Å². The van der Waals surface area contributed by atoms with E-state index in [1.54, 1.807) is 36.4 Å². The number of ether oxygens (including phenoxy) is 2. The number of para-hydroxylation sites is 2. The fourth-order valence-electron chi connectivity index (χ4n) is 6.93. The van der Waals surface area contributed by atoms with Gasteiger partial charge in [-0.3, -0.25) is 19.7 Å². The zero-order chi connectivity index (χ0) is 27.2. The summed E-state index contributed by atoms with van der Waals surface area (Å²) in [7, 11) is 0. The van der Waals surface area contributed by atoms with Crippen molar-refractivity contribution in [3.8, 4) is 11.5 Å². The van der Waals surface area contributed by atoms with Gasteiger partial charge in [-0.05, 0) is 36.2 Å². The molecule has 3 aromatic carbocycles. The van der Waals surface area contributed by atoms with Crippen LogP contribution in [0.4, 0.5) is 11.4 Å². The van der Waals surface area contributed by atoms with Crippen LogP contribution in [-0.4, -0.2) is 42.0 Å². The van der Waals surface area contributed by atoms with Gasteiger partial charge in [0.25, 0.3) is 0 Å². The Bertz CT molecular complexity index is 1770. The Balaban J connectivity index is 1.27. The second-order valence-electron chi connectivity index (χ2n) is 10.6. The van der Waals surface area contributed by atoms with Crippen LogP contribution in [0.1, 0.15) is 11.1 Å². The number of hydrogen-bond acceptors (Lipinski definition) is 6. The molecule has 40 heavy (non-hydrogen) atoms. The van der Waals surface area contributed by atoms with E-state index in [2.05, 4.69) is 15.6 Å². The molecule has 200 valence electrons. The lowest BCUT2D eigenvalue weighted by Crippen LogP contribution is -2.53. The SMILES string of the molecule is O=C1[C@@H]2[C@H](Cc3c[nH]c4ccccc34)N[C@@]3(C(=O)Nc4c(Cl)cccc43)[C@@H]2C(=O)N1c1ccc2c(c1)OCCO2. The van der Waals surface area contributed by atoms with Gasteiger partial charge in [-0.2, -0.15) is 0 Å². The van der Waals surface area contributed by atoms with E-state index in [0.29, 0.717) is 53.1 Å². The summed E-state index contributed by atoms with van der Waals surface area (Å²) >= 11 is 6.48. The van der Waals surface area contributed by atoms with Gasteiger partial charge < -0.3 is 19.8 Å². The van der Waals surface area contributed by atoms with Gasteiger partial charge in [-0.1, -0.05) is 41.9 Å². The monoisotopic (exact) mass is 554 g/mol. The van der Waals surface area contributed by atoms with Gasteiger partial charge in [-0.15, -0.1) is 0 Å². The van der Waals surface area contributed by atoms with Crippen molar-refractivity contribution < 1.29 is 23.9 Å². The van der Waals surface area contributed by atoms with Gasteiger partial charge in [0, 0.05) is 34.8 Å². The third kappa shape index (κ3) is 3.04. The van der Waals surface area contributed by atoms with Crippen LogP contribution in [0.5, 0.6) is 11.5 Å². The van der Waals surface area contributed by atoms with Crippen LogP contribution in [0.25, 0.3) is 10.9 Å². The maximum atomic E-state index is 14.3. The molecule has 4 aromatic rings. The minimum absolute atomic E-state index is 0.357. The second-order valence-corrected chi connectivity index (χ2v) is 11.0. The molecule has 10 heteroatoms. The number of carbonyl (C=O) groups excluding carboxylic acids is 3. The highest BCUT2D eigenvalue weighted by atomic mass is 35.5. The smallest absolute Gasteiger partial charge is 0.250 e. The third-order valence-electron chi connectivity index (χ3n) is 8.60. The standard InChI is InChI=1S/C30H23ClN4O5/c31-19-6-3-5-18-26(19)33-29(38)30(18)25-24(21(34-30)12-15-14-32-20-7-2-1-4-17(15)20)27(36)35(28(25)37)16-8-9-22-23(13-16)40-11-10-39-22/h1-9,13-14,21,24-25,32,34H,10-12H2,(H,33,38)/t21-,24+,25-,30+/m0/s1. The van der Waals surface area contributed by atoms with Gasteiger partial charge in [0.2, 0.25) is 17.7 Å². The molecule has 2 saturated heterocycles. The molecule has 0 saturated carbocycles. The lowest BCUT2D eigenvalue weighted by Gasteiger charge is -2.30. The molecule has 0 aliphatic carbocycles. The summed E-state index contributed by atoms with van der Waals surface area (Å²) in [6.45, 7) is 0.805. The normalized spacial score (nSPS) is 26.5. The van der Waals surface area contributed by atoms with Crippen LogP contribution >= 0.6 is 11.6 Å². The van der Waals surface area contributed by atoms with Crippen molar-refractivity contribution in [3.63, 3.8) is 0 Å². The van der Waals surface area contributed by atoms with E-state index in [-0.39, 0.29) is 5.91 Å². The highest BCUT2D eigenvalue weighted by Gasteiger charge is 2.70. The second kappa shape index (κ2) is 8.33. The number of fused-ring (bicyclic) bond motifs is 6. The Morgan fingerprint density at radius 2 is 1.77 bits per heavy atom. The topological polar surface area (TPSA) is 113 Å². The van der Waals surface area contributed by atoms with Crippen LogP contribution in [-0.2, 0) is 26.3 Å². The number of amides is 3. The summed E-state index contributed by atoms with van der Waals surface area (Å²) in [4.78, 5) is 46.9. The molecule has 1 aromatic heterocycles. The summed E-state index contributed by atoms with van der Waals surface area (Å²) in [5.41, 5.74) is 1.95. The Labute approximate surface area is 233 Å². The van der Waals surface area contributed by atoms with Crippen molar-refractivity contribution in [2.45, 2.75) is 18.0 Å². The number of halogens is 1. The third-order valence-corrected chi connectivity index (χ3v) is 8.91. The first kappa shape index (κ1) is 23.5. The Morgan fingerprint density at radius 1 is 0.950 bits per heavy atom. The number of rotatable bonds is 3. The Morgan fingerprint density at radius 3 is 2.65 bits per heavy atom. The minimum atomic E-state index is -1.45. The first-order chi connectivity index (χ1) is 19.5. The van der Waals surface area contributed by atoms with E-state index in [9.17, 15) is 14.4 Å². The van der Waals surface area contributed by atoms with E-state index >= 15 is 0 Å². The van der Waals surface area contributed by atoms with Crippen LogP contribution in [0, 0.1) is 11.8 Å². The summed E-state index contributed by atoms with van der Waals surface area (Å²) in [6, 6.07) is 17.7. The lowest BCUT2D eigenvalue weighted by molar-refractivity contribution is -0.130. The van der Waals surface area contributed by atoms with Gasteiger partial charge in [0.1, 0.15) is 18.8 Å². The predicted octanol–water partition coefficient (Wildman–Crippen LogP) is 3.76. The zero-order valence-electron chi connectivity index (χ0n) is 21.1. The molecule has 8 rings (SSSR count). The van der Waals surface area contributed by atoms with E-state index in [1.165, 1.54) is 4.90 Å². The number of benzene rings is 3. The maximum absolute atomic E-state index is 14.3. The number of hydrogen-bond donors (Lipinski definition) is 3. The molecule has 4 atom stereocenters. The molecular weight excluding hydrogens is 532 g/mol. The van der Waals surface area contributed by atoms with Crippen LogP contribution in [0.3, 0.4) is 0 Å². The molecule has 5 heterocycles. The highest BCUT2D eigenvalue weighted by Crippen LogP contribution is 2.55. The van der Waals surface area contributed by atoms with Gasteiger partial charge in [0.15, 0.2) is 11.5 Å². The quantitative estimate of drug-likeness (QED) is 0.332. The summed E-state index contributed by atoms with van der Waals surface area (Å²) in [5, 5.41) is 7.79. The van der Waals surface area contributed by atoms with Crippen molar-refractivity contribution in [2.75, 3.05) is 23.4 Å². The molecule has 0 bridgehead atoms. The number of aromatic amines is 1. The highest BCUT2D eigenvalue weighted by molar-refractivity contribution is 6.35. The summed E-state index contributed by atoms with van der Waals surface area (Å²) < 4.78 is 11.4. The average molecular weight is 555 g/mol. The molecular formula is C30H23ClN4O5. The van der Waals surface area contributed by atoms with Crippen molar-refractivity contribution in [1.82, 2.24) is 10.3 Å². The summed E-state index contributed by atoms with van der Waals surface area (Å²) in [5.74, 6) is -1.91. The molecule has 3 N–H and O–H groups in total. The maximum Gasteiger partial charge on any atom is 0.250 e. The van der Waals surface area contributed by atoms with Gasteiger partial charge >= 0.3 is 0 Å². The van der Waals surface area contributed by atoms with E-state index in [0.717, 1.165) is 16.5 Å². The van der Waals surface area contributed by atoms with E-state index < -0.39 is 35.2 Å². The predicted molar refractivity (Wildman–Crippen MR) is 148 cm³/mol. The fraction of sp³-hybridized carbons (Fsp3) is 0.233. The fourth-order valence-corrected chi connectivity index (χ4v) is 7.15. The van der Waals surface area contributed by atoms with Gasteiger partial charge in [-0.25, -0.2) is 4.90 Å². The van der Waals surface area contributed by atoms with Crippen molar-refractivity contribution in [3.05, 3.63) is 83.0 Å². The summed E-state index contributed by atoms with van der Waals surface area (Å²) in [6.07, 6.45) is 2.36. The molecule has 2 fully saturated rings. The Hall–Kier alpha value is -4.34. The van der Waals surface area contributed by atoms with E-state index in [4.69, 9.17) is 21.1 Å². The average Bonchev–Trinajstić information content (AvgIpc) is 3.68. The van der Waals surface area contributed by atoms with Crippen molar-refractivity contribution in [1.29, 1.82) is 0 Å². The van der Waals surface area contributed by atoms with Crippen molar-refractivity contribution >= 4 is 51.6 Å².